The van der Waals surface area contributed by atoms with Gasteiger partial charge in [0.25, 0.3) is 5.91 Å². The van der Waals surface area contributed by atoms with Crippen LogP contribution in [-0.4, -0.2) is 41.4 Å². The molecule has 0 fully saturated rings. The summed E-state index contributed by atoms with van der Waals surface area (Å²) in [5, 5.41) is 16.0. The number of nitrogens with zero attached hydrogens (tertiary/aromatic N) is 2. The van der Waals surface area contributed by atoms with Crippen molar-refractivity contribution in [3.05, 3.63) is 88.8 Å². The molecule has 2 aromatic carbocycles. The molecular weight excluding hydrogens is 460 g/mol. The van der Waals surface area contributed by atoms with Crippen molar-refractivity contribution < 1.29 is 28.6 Å². The first-order valence-electron chi connectivity index (χ1n) is 10.4. The van der Waals surface area contributed by atoms with Crippen molar-refractivity contribution in [1.29, 1.82) is 0 Å². The normalized spacial score (nSPS) is 15.4. The van der Waals surface area contributed by atoms with Crippen LogP contribution in [0.15, 0.2) is 76.5 Å². The van der Waals surface area contributed by atoms with E-state index in [1.54, 1.807) is 36.4 Å². The van der Waals surface area contributed by atoms with Crippen LogP contribution in [0.5, 0.6) is 11.5 Å². The van der Waals surface area contributed by atoms with Crippen molar-refractivity contribution in [3.63, 3.8) is 0 Å². The zero-order valence-electron chi connectivity index (χ0n) is 18.2. The molecule has 1 amide bonds. The monoisotopic (exact) mass is 480 g/mol. The van der Waals surface area contributed by atoms with Crippen LogP contribution in [0.4, 0.5) is 0 Å². The molecule has 0 radical (unpaired) electrons. The number of furan rings is 1. The number of halogens is 1. The molecule has 9 heteroatoms. The van der Waals surface area contributed by atoms with Crippen LogP contribution < -0.4 is 4.74 Å². The van der Waals surface area contributed by atoms with E-state index in [1.807, 2.05) is 12.1 Å². The number of benzene rings is 2. The van der Waals surface area contributed by atoms with Crippen LogP contribution in [-0.2, 0) is 14.3 Å². The van der Waals surface area contributed by atoms with E-state index >= 15 is 0 Å². The Balaban J connectivity index is 1.43. The molecule has 1 aromatic heterocycles. The Labute approximate surface area is 200 Å². The van der Waals surface area contributed by atoms with E-state index in [9.17, 15) is 14.7 Å². The number of aromatic hydroxyl groups is 1. The van der Waals surface area contributed by atoms with Gasteiger partial charge >= 0.3 is 5.97 Å². The Bertz CT molecular complexity index is 1230. The Morgan fingerprint density at radius 1 is 1.24 bits per heavy atom. The van der Waals surface area contributed by atoms with E-state index in [2.05, 4.69) is 5.10 Å². The number of phenols is 1. The summed E-state index contributed by atoms with van der Waals surface area (Å²) in [6.07, 6.45) is 4.65. The lowest BCUT2D eigenvalue weighted by molar-refractivity contribution is -0.149. The molecule has 1 aliphatic heterocycles. The molecule has 3 aromatic rings. The topological polar surface area (TPSA) is 102 Å². The summed E-state index contributed by atoms with van der Waals surface area (Å²) >= 11 is 5.97. The van der Waals surface area contributed by atoms with Gasteiger partial charge in [-0.25, -0.2) is 9.80 Å². The van der Waals surface area contributed by atoms with Crippen LogP contribution >= 0.6 is 11.6 Å². The maximum atomic E-state index is 12.9. The second kappa shape index (κ2) is 10.3. The number of hydrogen-bond donors (Lipinski definition) is 1. The standard InChI is InChI=1S/C25H21ClN2O6/c1-32-23-13-16(4-10-21(23)29)5-11-25(31)34-15-24(30)28-20(22-3-2-12-33-22)14-19(27-28)17-6-8-18(26)9-7-17/h2-13,20,29H,14-15H2,1H3. The Hall–Kier alpha value is -4.04. The number of ether oxygens (including phenoxy) is 2. The van der Waals surface area contributed by atoms with Crippen LogP contribution in [0.2, 0.25) is 5.02 Å². The summed E-state index contributed by atoms with van der Waals surface area (Å²) in [6.45, 7) is -0.489. The Kier molecular flexibility index (Phi) is 6.98. The second-order valence-corrected chi connectivity index (χ2v) is 7.84. The number of amides is 1. The lowest BCUT2D eigenvalue weighted by atomic mass is 10.0. The van der Waals surface area contributed by atoms with Gasteiger partial charge in [-0.1, -0.05) is 29.8 Å². The van der Waals surface area contributed by atoms with Gasteiger partial charge in [-0.2, -0.15) is 5.10 Å². The van der Waals surface area contributed by atoms with Crippen molar-refractivity contribution >= 4 is 35.3 Å². The van der Waals surface area contributed by atoms with E-state index in [1.165, 1.54) is 36.6 Å². The first-order chi connectivity index (χ1) is 16.4. The minimum absolute atomic E-state index is 0.0110. The molecule has 1 atom stereocenters. The highest BCUT2D eigenvalue weighted by Crippen LogP contribution is 2.33. The number of hydrazone groups is 1. The summed E-state index contributed by atoms with van der Waals surface area (Å²) in [6, 6.07) is 14.8. The molecule has 174 valence electrons. The highest BCUT2D eigenvalue weighted by molar-refractivity contribution is 6.30. The minimum Gasteiger partial charge on any atom is -0.504 e. The molecule has 0 saturated carbocycles. The first kappa shape index (κ1) is 23.1. The summed E-state index contributed by atoms with van der Waals surface area (Å²) in [7, 11) is 1.43. The van der Waals surface area contributed by atoms with Crippen LogP contribution in [0.1, 0.15) is 29.3 Å². The second-order valence-electron chi connectivity index (χ2n) is 7.40. The molecule has 1 unspecified atom stereocenters. The van der Waals surface area contributed by atoms with E-state index in [0.717, 1.165) is 5.56 Å². The van der Waals surface area contributed by atoms with E-state index < -0.39 is 24.5 Å². The smallest absolute Gasteiger partial charge is 0.331 e. The molecule has 8 nitrogen and oxygen atoms in total. The zero-order chi connectivity index (χ0) is 24.1. The average molecular weight is 481 g/mol. The molecule has 0 spiro atoms. The van der Waals surface area contributed by atoms with Crippen LogP contribution in [0.3, 0.4) is 0 Å². The van der Waals surface area contributed by atoms with Gasteiger partial charge in [-0.15, -0.1) is 0 Å². The number of esters is 1. The average Bonchev–Trinajstić information content (AvgIpc) is 3.52. The van der Waals surface area contributed by atoms with Crippen molar-refractivity contribution in [3.8, 4) is 11.5 Å². The molecule has 34 heavy (non-hydrogen) atoms. The number of phenolic OH excluding ortho intramolecular Hbond substituents is 1. The van der Waals surface area contributed by atoms with Crippen molar-refractivity contribution in [1.82, 2.24) is 5.01 Å². The van der Waals surface area contributed by atoms with Gasteiger partial charge in [0, 0.05) is 17.5 Å². The van der Waals surface area contributed by atoms with Crippen LogP contribution in [0.25, 0.3) is 6.08 Å². The minimum atomic E-state index is -0.698. The van der Waals surface area contributed by atoms with Crippen molar-refractivity contribution in [2.24, 2.45) is 5.10 Å². The number of rotatable bonds is 7. The van der Waals surface area contributed by atoms with Crippen LogP contribution in [0, 0.1) is 0 Å². The number of hydrogen-bond acceptors (Lipinski definition) is 7. The van der Waals surface area contributed by atoms with Gasteiger partial charge in [-0.05, 0) is 53.6 Å². The van der Waals surface area contributed by atoms with Gasteiger partial charge in [0.2, 0.25) is 0 Å². The maximum absolute atomic E-state index is 12.9. The predicted octanol–water partition coefficient (Wildman–Crippen LogP) is 4.58. The Morgan fingerprint density at radius 3 is 2.74 bits per heavy atom. The fourth-order valence-electron chi connectivity index (χ4n) is 3.47. The summed E-state index contributed by atoms with van der Waals surface area (Å²) < 4.78 is 15.7. The molecular formula is C25H21ClN2O6. The fourth-order valence-corrected chi connectivity index (χ4v) is 3.59. The van der Waals surface area contributed by atoms with E-state index in [4.69, 9.17) is 25.5 Å². The van der Waals surface area contributed by atoms with E-state index in [-0.39, 0.29) is 11.5 Å². The van der Waals surface area contributed by atoms with Gasteiger partial charge in [-0.3, -0.25) is 4.79 Å². The molecule has 4 rings (SSSR count). The zero-order valence-corrected chi connectivity index (χ0v) is 18.9. The van der Waals surface area contributed by atoms with E-state index in [0.29, 0.717) is 28.5 Å². The maximum Gasteiger partial charge on any atom is 0.331 e. The fraction of sp³-hybridized carbons (Fsp3) is 0.160. The van der Waals surface area contributed by atoms with Gasteiger partial charge in [0.15, 0.2) is 18.1 Å². The van der Waals surface area contributed by atoms with Gasteiger partial charge in [0.05, 0.1) is 19.1 Å². The van der Waals surface area contributed by atoms with Gasteiger partial charge < -0.3 is 19.0 Å². The first-order valence-corrected chi connectivity index (χ1v) is 10.7. The molecule has 1 aliphatic rings. The molecule has 0 saturated heterocycles. The molecule has 0 aliphatic carbocycles. The highest BCUT2D eigenvalue weighted by atomic mass is 35.5. The SMILES string of the molecule is COc1cc(C=CC(=O)OCC(=O)N2N=C(c3ccc(Cl)cc3)CC2c2ccco2)ccc1O. The molecule has 0 bridgehead atoms. The summed E-state index contributed by atoms with van der Waals surface area (Å²) in [5.74, 6) is -0.343. The molecule has 2 heterocycles. The summed E-state index contributed by atoms with van der Waals surface area (Å²) in [5.41, 5.74) is 2.15. The number of carbonyl (C=O) groups excluding carboxylic acids is 2. The lowest BCUT2D eigenvalue weighted by Crippen LogP contribution is -2.31. The number of carbonyl (C=O) groups is 2. The third kappa shape index (κ3) is 5.29. The predicted molar refractivity (Wildman–Crippen MR) is 126 cm³/mol. The lowest BCUT2D eigenvalue weighted by Gasteiger charge is -2.19. The number of methoxy groups -OCH3 is 1. The third-order valence-corrected chi connectivity index (χ3v) is 5.42. The van der Waals surface area contributed by atoms with Gasteiger partial charge in [0.1, 0.15) is 11.8 Å². The highest BCUT2D eigenvalue weighted by Gasteiger charge is 2.35. The third-order valence-electron chi connectivity index (χ3n) is 5.17. The Morgan fingerprint density at radius 2 is 2.03 bits per heavy atom. The van der Waals surface area contributed by atoms with Crippen molar-refractivity contribution in [2.75, 3.05) is 13.7 Å². The summed E-state index contributed by atoms with van der Waals surface area (Å²) in [4.78, 5) is 25.0. The van der Waals surface area contributed by atoms with Crippen molar-refractivity contribution in [2.45, 2.75) is 12.5 Å². The largest absolute Gasteiger partial charge is 0.504 e. The quantitative estimate of drug-likeness (QED) is 0.392. The molecule has 1 N–H and O–H groups in total.